The summed E-state index contributed by atoms with van der Waals surface area (Å²) in [5, 5.41) is 13.1. The molecule has 0 fully saturated rings. The molecule has 5 nitrogen and oxygen atoms in total. The van der Waals surface area contributed by atoms with E-state index in [1.807, 2.05) is 0 Å². The Morgan fingerprint density at radius 2 is 1.91 bits per heavy atom. The predicted octanol–water partition coefficient (Wildman–Crippen LogP) is 0.934. The SMILES string of the molecule is C[N-]N(C)N([O-])C(C)(C)OC. The van der Waals surface area contributed by atoms with E-state index in [4.69, 9.17) is 4.74 Å². The summed E-state index contributed by atoms with van der Waals surface area (Å²) in [6, 6.07) is 0. The van der Waals surface area contributed by atoms with Crippen molar-refractivity contribution >= 4 is 0 Å². The van der Waals surface area contributed by atoms with Crippen LogP contribution < -0.4 is 0 Å². The fourth-order valence-electron chi connectivity index (χ4n) is 0.508. The van der Waals surface area contributed by atoms with Gasteiger partial charge in [-0.2, -0.15) is 7.05 Å². The Morgan fingerprint density at radius 1 is 1.45 bits per heavy atom. The molecule has 0 unspecified atom stereocenters. The van der Waals surface area contributed by atoms with Crippen LogP contribution in [0, 0.1) is 5.21 Å². The van der Waals surface area contributed by atoms with E-state index in [1.54, 1.807) is 20.9 Å². The quantitative estimate of drug-likeness (QED) is 0.454. The average Bonchev–Trinajstić information content (AvgIpc) is 2.01. The number of hydrazine groups is 1. The van der Waals surface area contributed by atoms with Gasteiger partial charge in [-0.05, 0) is 20.9 Å². The highest BCUT2D eigenvalue weighted by Gasteiger charge is 2.17. The molecule has 0 saturated carbocycles. The minimum Gasteiger partial charge on any atom is -0.771 e. The van der Waals surface area contributed by atoms with Crippen molar-refractivity contribution in [1.82, 2.24) is 10.3 Å². The molecule has 0 bridgehead atoms. The van der Waals surface area contributed by atoms with Gasteiger partial charge in [0.15, 0.2) is 0 Å². The molecule has 0 rings (SSSR count). The van der Waals surface area contributed by atoms with E-state index in [9.17, 15) is 5.21 Å². The smallest absolute Gasteiger partial charge is 0.115 e. The second-order valence-electron chi connectivity index (χ2n) is 2.61. The molecule has 0 atom stereocenters. The number of rotatable bonds is 4. The van der Waals surface area contributed by atoms with Crippen molar-refractivity contribution in [1.29, 1.82) is 0 Å². The van der Waals surface area contributed by atoms with E-state index in [-0.39, 0.29) is 0 Å². The lowest BCUT2D eigenvalue weighted by Crippen LogP contribution is -2.48. The third-order valence-electron chi connectivity index (χ3n) is 1.51. The lowest BCUT2D eigenvalue weighted by molar-refractivity contribution is -0.159. The Kier molecular flexibility index (Phi) is 3.91. The van der Waals surface area contributed by atoms with E-state index < -0.39 is 5.72 Å². The zero-order valence-electron chi connectivity index (χ0n) is 7.66. The number of methoxy groups -OCH3 is 1. The van der Waals surface area contributed by atoms with Crippen molar-refractivity contribution in [2.45, 2.75) is 19.6 Å². The molecule has 0 aliphatic heterocycles. The predicted molar refractivity (Wildman–Crippen MR) is 43.3 cm³/mol. The van der Waals surface area contributed by atoms with E-state index in [0.29, 0.717) is 5.17 Å². The molecule has 0 amide bonds. The second kappa shape index (κ2) is 3.99. The van der Waals surface area contributed by atoms with Crippen molar-refractivity contribution in [3.05, 3.63) is 10.6 Å². The molecule has 68 valence electrons. The Balaban J connectivity index is 4.10. The van der Waals surface area contributed by atoms with Gasteiger partial charge in [-0.3, -0.25) is 0 Å². The van der Waals surface area contributed by atoms with Crippen LogP contribution in [0.15, 0.2) is 0 Å². The average molecular weight is 161 g/mol. The molecule has 0 aliphatic rings. The summed E-state index contributed by atoms with van der Waals surface area (Å²) in [6.45, 7) is 3.34. The zero-order valence-corrected chi connectivity index (χ0v) is 7.66. The normalized spacial score (nSPS) is 13.1. The monoisotopic (exact) mass is 161 g/mol. The minimum atomic E-state index is -0.867. The van der Waals surface area contributed by atoms with Crippen LogP contribution in [-0.2, 0) is 4.74 Å². The number of hydrogen-bond acceptors (Lipinski definition) is 4. The van der Waals surface area contributed by atoms with Crippen LogP contribution in [0.1, 0.15) is 13.8 Å². The summed E-state index contributed by atoms with van der Waals surface area (Å²) in [5.74, 6) is 0. The van der Waals surface area contributed by atoms with Gasteiger partial charge in [0, 0.05) is 7.11 Å². The molecule has 0 saturated heterocycles. The van der Waals surface area contributed by atoms with Crippen molar-refractivity contribution in [3.8, 4) is 0 Å². The Bertz CT molecular complexity index is 118. The summed E-state index contributed by atoms with van der Waals surface area (Å²) in [4.78, 5) is 0. The van der Waals surface area contributed by atoms with Crippen LogP contribution in [-0.4, -0.2) is 37.2 Å². The fourth-order valence-corrected chi connectivity index (χ4v) is 0.508. The molecule has 0 aliphatic carbocycles. The highest BCUT2D eigenvalue weighted by molar-refractivity contribution is 4.73. The zero-order chi connectivity index (χ0) is 9.07. The van der Waals surface area contributed by atoms with E-state index in [2.05, 4.69) is 5.43 Å². The largest absolute Gasteiger partial charge is 0.771 e. The number of ether oxygens (including phenoxy) is 1. The third kappa shape index (κ3) is 2.72. The van der Waals surface area contributed by atoms with Crippen molar-refractivity contribution in [2.75, 3.05) is 21.2 Å². The van der Waals surface area contributed by atoms with E-state index >= 15 is 0 Å². The van der Waals surface area contributed by atoms with Crippen LogP contribution in [0.25, 0.3) is 5.43 Å². The standard InChI is InChI=1S/C6H15N3O2/c1-6(2,11-5)9(10)8(4)7-3/h1-5H3/q-2. The lowest BCUT2D eigenvalue weighted by Gasteiger charge is -2.53. The second-order valence-corrected chi connectivity index (χ2v) is 2.61. The summed E-state index contributed by atoms with van der Waals surface area (Å²) in [5.41, 5.74) is 2.80. The van der Waals surface area contributed by atoms with Gasteiger partial charge in [0.25, 0.3) is 0 Å². The van der Waals surface area contributed by atoms with Crippen LogP contribution in [0.5, 0.6) is 0 Å². The number of nitrogens with zero attached hydrogens (tertiary/aromatic N) is 3. The van der Waals surface area contributed by atoms with E-state index in [1.165, 1.54) is 19.3 Å². The van der Waals surface area contributed by atoms with Gasteiger partial charge in [0.1, 0.15) is 5.72 Å². The number of hydroxylamine groups is 1. The summed E-state index contributed by atoms with van der Waals surface area (Å²) >= 11 is 0. The van der Waals surface area contributed by atoms with Crippen LogP contribution >= 0.6 is 0 Å². The fraction of sp³-hybridized carbons (Fsp3) is 1.00. The van der Waals surface area contributed by atoms with Crippen LogP contribution in [0.2, 0.25) is 0 Å². The van der Waals surface area contributed by atoms with E-state index in [0.717, 1.165) is 0 Å². The van der Waals surface area contributed by atoms with Crippen molar-refractivity contribution < 1.29 is 4.74 Å². The van der Waals surface area contributed by atoms with Gasteiger partial charge in [-0.25, -0.2) is 0 Å². The molecule has 0 spiro atoms. The molecule has 0 N–H and O–H groups in total. The summed E-state index contributed by atoms with van der Waals surface area (Å²) < 4.78 is 4.93. The molecule has 11 heavy (non-hydrogen) atoms. The molecule has 0 aromatic heterocycles. The maximum Gasteiger partial charge on any atom is 0.115 e. The molecule has 0 radical (unpaired) electrons. The highest BCUT2D eigenvalue weighted by Crippen LogP contribution is 2.15. The molecular weight excluding hydrogens is 146 g/mol. The first-order valence-electron chi connectivity index (χ1n) is 3.31. The van der Waals surface area contributed by atoms with Crippen LogP contribution in [0.3, 0.4) is 0 Å². The molecule has 0 aromatic rings. The maximum atomic E-state index is 11.3. The molecule has 5 heteroatoms. The van der Waals surface area contributed by atoms with Crippen LogP contribution in [0.4, 0.5) is 0 Å². The van der Waals surface area contributed by atoms with Gasteiger partial charge in [-0.1, -0.05) is 0 Å². The van der Waals surface area contributed by atoms with Crippen molar-refractivity contribution in [2.24, 2.45) is 0 Å². The lowest BCUT2D eigenvalue weighted by atomic mass is 10.3. The Hall–Kier alpha value is -0.200. The highest BCUT2D eigenvalue weighted by atomic mass is 16.6. The summed E-state index contributed by atoms with van der Waals surface area (Å²) in [6.07, 6.45) is 0. The topological polar surface area (TPSA) is 52.9 Å². The first-order valence-corrected chi connectivity index (χ1v) is 3.31. The Labute approximate surface area is 67.4 Å². The van der Waals surface area contributed by atoms with Gasteiger partial charge in [0.05, 0.1) is 0 Å². The Morgan fingerprint density at radius 3 is 2.18 bits per heavy atom. The van der Waals surface area contributed by atoms with Crippen molar-refractivity contribution in [3.63, 3.8) is 0 Å². The van der Waals surface area contributed by atoms with Gasteiger partial charge < -0.3 is 25.7 Å². The maximum absolute atomic E-state index is 11.3. The third-order valence-corrected chi connectivity index (χ3v) is 1.51. The number of hydrogen-bond donors (Lipinski definition) is 0. The first-order chi connectivity index (χ1) is 4.95. The molecule has 0 aromatic carbocycles. The summed E-state index contributed by atoms with van der Waals surface area (Å²) in [7, 11) is 4.58. The molecule has 0 heterocycles. The minimum absolute atomic E-state index is 0.660. The van der Waals surface area contributed by atoms with Gasteiger partial charge in [-0.15, -0.1) is 0 Å². The van der Waals surface area contributed by atoms with Gasteiger partial charge in [0.2, 0.25) is 0 Å². The molecular formula is C6H15N3O2-2. The van der Waals surface area contributed by atoms with Gasteiger partial charge >= 0.3 is 0 Å². The first kappa shape index (κ1) is 10.8.